The number of amides is 2. The number of Topliss-reactive ketones (excluding diaryl/α,β-unsaturated/α-hetero) is 1. The maximum absolute atomic E-state index is 11.8. The molecule has 0 radical (unpaired) electrons. The average Bonchev–Trinajstić information content (AvgIpc) is 2.63. The number of halogens is 1. The summed E-state index contributed by atoms with van der Waals surface area (Å²) in [5, 5.41) is 11.3. The van der Waals surface area contributed by atoms with Gasteiger partial charge in [-0.3, -0.25) is 19.3 Å². The van der Waals surface area contributed by atoms with Crippen LogP contribution >= 0.6 is 11.6 Å². The summed E-state index contributed by atoms with van der Waals surface area (Å²) in [4.78, 5) is 36.2. The van der Waals surface area contributed by atoms with Crippen molar-refractivity contribution in [3.05, 3.63) is 28.8 Å². The van der Waals surface area contributed by atoms with E-state index < -0.39 is 17.6 Å². The van der Waals surface area contributed by atoms with Crippen LogP contribution in [0.15, 0.2) is 18.2 Å². The predicted octanol–water partition coefficient (Wildman–Crippen LogP) is -0.0222. The van der Waals surface area contributed by atoms with Gasteiger partial charge < -0.3 is 10.4 Å². The monoisotopic (exact) mass is 282 g/mol. The number of hydrogen-bond donors (Lipinski definition) is 2. The summed E-state index contributed by atoms with van der Waals surface area (Å²) in [7, 11) is 0. The van der Waals surface area contributed by atoms with E-state index in [-0.39, 0.29) is 36.0 Å². The van der Waals surface area contributed by atoms with E-state index in [2.05, 4.69) is 5.32 Å². The Bertz CT molecular complexity index is 559. The van der Waals surface area contributed by atoms with Gasteiger partial charge in [-0.25, -0.2) is 0 Å². The van der Waals surface area contributed by atoms with Gasteiger partial charge in [0.15, 0.2) is 0 Å². The third kappa shape index (κ3) is 2.45. The molecular weight excluding hydrogens is 272 g/mol. The van der Waals surface area contributed by atoms with Gasteiger partial charge in [0.2, 0.25) is 5.91 Å². The van der Waals surface area contributed by atoms with Crippen LogP contribution in [0.2, 0.25) is 5.02 Å². The lowest BCUT2D eigenvalue weighted by atomic mass is 10.1. The molecule has 1 heterocycles. The summed E-state index contributed by atoms with van der Waals surface area (Å²) < 4.78 is 0. The van der Waals surface area contributed by atoms with Gasteiger partial charge in [0.25, 0.3) is 11.7 Å². The number of nitrogens with one attached hydrogen (secondary N) is 1. The first kappa shape index (κ1) is 13.5. The molecule has 0 fully saturated rings. The SMILES string of the molecule is O=C(CN1C(=O)C(=O)c2cccc(Cl)c21)NCCO. The van der Waals surface area contributed by atoms with Gasteiger partial charge in [0, 0.05) is 6.54 Å². The first-order chi connectivity index (χ1) is 9.06. The quantitative estimate of drug-likeness (QED) is 0.760. The number of fused-ring (bicyclic) bond motifs is 1. The van der Waals surface area contributed by atoms with E-state index in [0.29, 0.717) is 0 Å². The molecule has 2 amide bonds. The summed E-state index contributed by atoms with van der Waals surface area (Å²) in [6, 6.07) is 4.61. The highest BCUT2D eigenvalue weighted by molar-refractivity contribution is 6.54. The number of para-hydroxylation sites is 1. The standard InChI is InChI=1S/C12H11ClN2O4/c13-8-3-1-2-7-10(8)15(12(19)11(7)18)6-9(17)14-4-5-16/h1-3,16H,4-6H2,(H,14,17). The van der Waals surface area contributed by atoms with E-state index in [1.54, 1.807) is 12.1 Å². The van der Waals surface area contributed by atoms with Gasteiger partial charge >= 0.3 is 0 Å². The Morgan fingerprint density at radius 2 is 2.11 bits per heavy atom. The summed E-state index contributed by atoms with van der Waals surface area (Å²) in [5.41, 5.74) is 0.464. The van der Waals surface area contributed by atoms with E-state index >= 15 is 0 Å². The molecule has 19 heavy (non-hydrogen) atoms. The Labute approximate surface area is 114 Å². The normalized spacial score (nSPS) is 13.7. The molecule has 0 saturated carbocycles. The fourth-order valence-electron chi connectivity index (χ4n) is 1.86. The van der Waals surface area contributed by atoms with Crippen molar-refractivity contribution in [2.75, 3.05) is 24.6 Å². The highest BCUT2D eigenvalue weighted by atomic mass is 35.5. The Kier molecular flexibility index (Phi) is 3.82. The Balaban J connectivity index is 2.26. The summed E-state index contributed by atoms with van der Waals surface area (Å²) >= 11 is 5.96. The van der Waals surface area contributed by atoms with Crippen molar-refractivity contribution in [1.29, 1.82) is 0 Å². The number of carbonyl (C=O) groups excluding carboxylic acids is 3. The number of anilines is 1. The molecule has 0 atom stereocenters. The van der Waals surface area contributed by atoms with Crippen LogP contribution in [0, 0.1) is 0 Å². The van der Waals surface area contributed by atoms with E-state index in [9.17, 15) is 14.4 Å². The molecule has 7 heteroatoms. The Hall–Kier alpha value is -1.92. The first-order valence-electron chi connectivity index (χ1n) is 5.58. The Morgan fingerprint density at radius 1 is 1.37 bits per heavy atom. The van der Waals surface area contributed by atoms with Crippen molar-refractivity contribution in [3.8, 4) is 0 Å². The zero-order chi connectivity index (χ0) is 14.0. The number of aliphatic hydroxyl groups excluding tert-OH is 1. The number of ketones is 1. The molecule has 6 nitrogen and oxygen atoms in total. The first-order valence-corrected chi connectivity index (χ1v) is 5.96. The third-order valence-electron chi connectivity index (χ3n) is 2.68. The number of hydrogen-bond acceptors (Lipinski definition) is 4. The predicted molar refractivity (Wildman–Crippen MR) is 68.2 cm³/mol. The number of rotatable bonds is 4. The zero-order valence-corrected chi connectivity index (χ0v) is 10.6. The van der Waals surface area contributed by atoms with Crippen molar-refractivity contribution in [3.63, 3.8) is 0 Å². The summed E-state index contributed by atoms with van der Waals surface area (Å²) in [6.45, 7) is -0.415. The number of aliphatic hydroxyl groups is 1. The highest BCUT2D eigenvalue weighted by Gasteiger charge is 2.38. The topological polar surface area (TPSA) is 86.7 Å². The molecule has 1 aromatic carbocycles. The minimum absolute atomic E-state index is 0.0875. The molecule has 0 unspecified atom stereocenters. The third-order valence-corrected chi connectivity index (χ3v) is 2.98. The van der Waals surface area contributed by atoms with Crippen LogP contribution in [0.25, 0.3) is 0 Å². The van der Waals surface area contributed by atoms with E-state index in [1.165, 1.54) is 6.07 Å². The maximum Gasteiger partial charge on any atom is 0.300 e. The lowest BCUT2D eigenvalue weighted by Crippen LogP contribution is -2.41. The molecule has 100 valence electrons. The summed E-state index contributed by atoms with van der Waals surface area (Å²) in [6.07, 6.45) is 0. The smallest absolute Gasteiger partial charge is 0.300 e. The molecule has 1 aromatic rings. The summed E-state index contributed by atoms with van der Waals surface area (Å²) in [5.74, 6) is -1.92. The average molecular weight is 283 g/mol. The van der Waals surface area contributed by atoms with Gasteiger partial charge in [0.05, 0.1) is 22.9 Å². The van der Waals surface area contributed by atoms with Crippen LogP contribution in [0.3, 0.4) is 0 Å². The van der Waals surface area contributed by atoms with E-state index in [1.807, 2.05) is 0 Å². The van der Waals surface area contributed by atoms with Gasteiger partial charge in [0.1, 0.15) is 6.54 Å². The highest BCUT2D eigenvalue weighted by Crippen LogP contribution is 2.35. The van der Waals surface area contributed by atoms with Gasteiger partial charge in [-0.15, -0.1) is 0 Å². The van der Waals surface area contributed by atoms with Crippen molar-refractivity contribution in [2.45, 2.75) is 0 Å². The zero-order valence-electron chi connectivity index (χ0n) is 9.85. The van der Waals surface area contributed by atoms with Crippen molar-refractivity contribution in [1.82, 2.24) is 5.32 Å². The largest absolute Gasteiger partial charge is 0.395 e. The number of benzene rings is 1. The molecule has 0 spiro atoms. The van der Waals surface area contributed by atoms with E-state index in [4.69, 9.17) is 16.7 Å². The van der Waals surface area contributed by atoms with E-state index in [0.717, 1.165) is 4.90 Å². The molecule has 0 saturated heterocycles. The van der Waals surface area contributed by atoms with Crippen LogP contribution in [0.5, 0.6) is 0 Å². The minimum Gasteiger partial charge on any atom is -0.395 e. The molecule has 0 bridgehead atoms. The molecular formula is C12H11ClN2O4. The lowest BCUT2D eigenvalue weighted by molar-refractivity contribution is -0.122. The Morgan fingerprint density at radius 3 is 2.79 bits per heavy atom. The fourth-order valence-corrected chi connectivity index (χ4v) is 2.13. The van der Waals surface area contributed by atoms with Crippen molar-refractivity contribution < 1.29 is 19.5 Å². The van der Waals surface area contributed by atoms with Gasteiger partial charge in [-0.2, -0.15) is 0 Å². The second-order valence-corrected chi connectivity index (χ2v) is 4.34. The van der Waals surface area contributed by atoms with Crippen molar-refractivity contribution >= 4 is 34.9 Å². The van der Waals surface area contributed by atoms with Gasteiger partial charge in [-0.1, -0.05) is 17.7 Å². The van der Waals surface area contributed by atoms with Crippen LogP contribution in [0.1, 0.15) is 10.4 Å². The molecule has 0 aliphatic carbocycles. The molecule has 0 aromatic heterocycles. The lowest BCUT2D eigenvalue weighted by Gasteiger charge is -2.16. The molecule has 1 aliphatic rings. The fraction of sp³-hybridized carbons (Fsp3) is 0.250. The van der Waals surface area contributed by atoms with Crippen LogP contribution < -0.4 is 10.2 Å². The van der Waals surface area contributed by atoms with Crippen LogP contribution in [-0.2, 0) is 9.59 Å². The minimum atomic E-state index is -0.776. The second kappa shape index (κ2) is 5.38. The van der Waals surface area contributed by atoms with Crippen LogP contribution in [0.4, 0.5) is 5.69 Å². The number of nitrogens with zero attached hydrogens (tertiary/aromatic N) is 1. The molecule has 2 N–H and O–H groups in total. The van der Waals surface area contributed by atoms with Crippen LogP contribution in [-0.4, -0.2) is 42.4 Å². The maximum atomic E-state index is 11.8. The molecule has 2 rings (SSSR count). The second-order valence-electron chi connectivity index (χ2n) is 3.93. The number of carbonyl (C=O) groups is 3. The van der Waals surface area contributed by atoms with Crippen molar-refractivity contribution in [2.24, 2.45) is 0 Å². The van der Waals surface area contributed by atoms with Gasteiger partial charge in [-0.05, 0) is 12.1 Å². The molecule has 1 aliphatic heterocycles.